The van der Waals surface area contributed by atoms with Crippen molar-refractivity contribution in [2.24, 2.45) is 0 Å². The molecule has 0 heterocycles. The number of hydrogen-bond donors (Lipinski definition) is 1. The number of rotatable bonds is 13. The van der Waals surface area contributed by atoms with Crippen LogP contribution in [0.1, 0.15) is 29.2 Å². The smallest absolute Gasteiger partial charge is 0.387 e. The van der Waals surface area contributed by atoms with E-state index in [4.69, 9.17) is 11.6 Å². The molecule has 0 spiro atoms. The van der Waals surface area contributed by atoms with E-state index in [1.54, 1.807) is 30.3 Å². The second-order valence-corrected chi connectivity index (χ2v) is 13.9. The van der Waals surface area contributed by atoms with Crippen LogP contribution in [0.25, 0.3) is 0 Å². The summed E-state index contributed by atoms with van der Waals surface area (Å²) in [6.45, 7) is 1.63. The minimum Gasteiger partial charge on any atom is -0.387 e. The van der Waals surface area contributed by atoms with Gasteiger partial charge in [0.1, 0.15) is 5.75 Å². The molecular formula is C31H29ClF3NO6S2. The fourth-order valence-electron chi connectivity index (χ4n) is 4.49. The van der Waals surface area contributed by atoms with Crippen LogP contribution < -0.4 is 4.18 Å². The van der Waals surface area contributed by atoms with Gasteiger partial charge in [-0.2, -0.15) is 21.6 Å². The van der Waals surface area contributed by atoms with Crippen LogP contribution in [0.3, 0.4) is 0 Å². The first-order valence-electron chi connectivity index (χ1n) is 13.4. The Bertz CT molecular complexity index is 1770. The van der Waals surface area contributed by atoms with Crippen molar-refractivity contribution in [3.63, 3.8) is 0 Å². The second kappa shape index (κ2) is 14.1. The van der Waals surface area contributed by atoms with Crippen LogP contribution in [0.5, 0.6) is 5.75 Å². The van der Waals surface area contributed by atoms with Crippen molar-refractivity contribution in [1.82, 2.24) is 4.90 Å². The molecule has 1 N–H and O–H groups in total. The first-order chi connectivity index (χ1) is 20.7. The van der Waals surface area contributed by atoms with Gasteiger partial charge in [-0.15, -0.1) is 0 Å². The highest BCUT2D eigenvalue weighted by molar-refractivity contribution is 7.91. The quantitative estimate of drug-likeness (QED) is 0.127. The third-order valence-electron chi connectivity index (χ3n) is 6.69. The number of hydrogen-bond acceptors (Lipinski definition) is 7. The number of alkyl halides is 3. The van der Waals surface area contributed by atoms with Gasteiger partial charge in [0.05, 0.1) is 15.9 Å². The Morgan fingerprint density at radius 1 is 0.795 bits per heavy atom. The zero-order valence-corrected chi connectivity index (χ0v) is 25.6. The van der Waals surface area contributed by atoms with Crippen molar-refractivity contribution in [2.45, 2.75) is 40.8 Å². The first kappa shape index (κ1) is 33.5. The predicted octanol–water partition coefficient (Wildman–Crippen LogP) is 6.57. The average Bonchev–Trinajstić information content (AvgIpc) is 2.97. The molecule has 7 nitrogen and oxygen atoms in total. The fourth-order valence-corrected chi connectivity index (χ4v) is 6.43. The van der Waals surface area contributed by atoms with E-state index >= 15 is 0 Å². The molecule has 0 amide bonds. The van der Waals surface area contributed by atoms with Gasteiger partial charge in [-0.05, 0) is 72.5 Å². The van der Waals surface area contributed by atoms with Gasteiger partial charge in [-0.1, -0.05) is 72.3 Å². The van der Waals surface area contributed by atoms with Crippen molar-refractivity contribution in [2.75, 3.05) is 13.1 Å². The fraction of sp³-hybridized carbons (Fsp3) is 0.226. The van der Waals surface area contributed by atoms with Crippen LogP contribution in [-0.2, 0) is 32.9 Å². The Kier molecular flexibility index (Phi) is 10.7. The Hall–Kier alpha value is -3.42. The summed E-state index contributed by atoms with van der Waals surface area (Å²) < 4.78 is 91.0. The third kappa shape index (κ3) is 8.82. The van der Waals surface area contributed by atoms with Crippen LogP contribution >= 0.6 is 11.6 Å². The van der Waals surface area contributed by atoms with Crippen LogP contribution in [-0.4, -0.2) is 45.4 Å². The van der Waals surface area contributed by atoms with Gasteiger partial charge in [0.15, 0.2) is 0 Å². The molecule has 4 aromatic rings. The van der Waals surface area contributed by atoms with Crippen LogP contribution in [0, 0.1) is 0 Å². The molecule has 0 bridgehead atoms. The van der Waals surface area contributed by atoms with E-state index in [0.717, 1.165) is 35.4 Å². The molecule has 0 fully saturated rings. The molecule has 0 radical (unpaired) electrons. The summed E-state index contributed by atoms with van der Waals surface area (Å²) in [4.78, 5) is 1.59. The Morgan fingerprint density at radius 3 is 2.14 bits per heavy atom. The number of aliphatic hydroxyl groups is 1. The van der Waals surface area contributed by atoms with Gasteiger partial charge < -0.3 is 9.29 Å². The van der Waals surface area contributed by atoms with Crippen molar-refractivity contribution in [3.05, 3.63) is 125 Å². The van der Waals surface area contributed by atoms with Crippen molar-refractivity contribution < 1.29 is 39.3 Å². The monoisotopic (exact) mass is 667 g/mol. The minimum atomic E-state index is -5.96. The van der Waals surface area contributed by atoms with Crippen LogP contribution in [0.15, 0.2) is 113 Å². The molecule has 44 heavy (non-hydrogen) atoms. The summed E-state index contributed by atoms with van der Waals surface area (Å²) in [6.07, 6.45) is 0.561. The molecule has 13 heteroatoms. The molecule has 1 atom stereocenters. The van der Waals surface area contributed by atoms with Crippen molar-refractivity contribution in [3.8, 4) is 5.75 Å². The van der Waals surface area contributed by atoms with Gasteiger partial charge in [-0.25, -0.2) is 8.42 Å². The summed E-state index contributed by atoms with van der Waals surface area (Å²) in [5, 5.41) is 11.4. The zero-order chi connectivity index (χ0) is 32.0. The number of halogens is 4. The normalized spacial score (nSPS) is 13.1. The maximum atomic E-state index is 13.1. The van der Waals surface area contributed by atoms with E-state index in [2.05, 4.69) is 9.08 Å². The SMILES string of the molecule is O=S(=O)(c1ccc(CCCN(Cc2ccccc2)C[C@@H](O)c2cccc(Cl)c2)cc1)c1cccc(OS(=O)(=O)C(F)(F)F)c1. The Labute approximate surface area is 259 Å². The highest BCUT2D eigenvalue weighted by Gasteiger charge is 2.48. The number of benzene rings is 4. The molecule has 4 aromatic carbocycles. The molecule has 0 saturated heterocycles. The number of aliphatic hydroxyl groups excluding tert-OH is 1. The van der Waals surface area contributed by atoms with Gasteiger partial charge in [-0.3, -0.25) is 4.90 Å². The van der Waals surface area contributed by atoms with Gasteiger partial charge in [0.2, 0.25) is 9.84 Å². The van der Waals surface area contributed by atoms with Crippen molar-refractivity contribution >= 4 is 31.6 Å². The van der Waals surface area contributed by atoms with E-state index in [0.29, 0.717) is 43.1 Å². The Morgan fingerprint density at radius 2 is 1.48 bits per heavy atom. The number of aryl methyl sites for hydroxylation is 1. The highest BCUT2D eigenvalue weighted by Crippen LogP contribution is 2.30. The number of sulfone groups is 1. The molecular weight excluding hydrogens is 639 g/mol. The topological polar surface area (TPSA) is 101 Å². The highest BCUT2D eigenvalue weighted by atomic mass is 35.5. The van der Waals surface area contributed by atoms with Gasteiger partial charge in [0.25, 0.3) is 0 Å². The molecule has 234 valence electrons. The molecule has 0 aromatic heterocycles. The van der Waals surface area contributed by atoms with Crippen LogP contribution in [0.4, 0.5) is 13.2 Å². The molecule has 0 aliphatic heterocycles. The zero-order valence-electron chi connectivity index (χ0n) is 23.2. The summed E-state index contributed by atoms with van der Waals surface area (Å²) in [7, 11) is -10.1. The lowest BCUT2D eigenvalue weighted by Crippen LogP contribution is -2.29. The summed E-state index contributed by atoms with van der Waals surface area (Å²) in [5.74, 6) is -0.777. The summed E-state index contributed by atoms with van der Waals surface area (Å²) >= 11 is 6.10. The molecule has 0 aliphatic carbocycles. The minimum absolute atomic E-state index is 0.118. The number of nitrogens with zero attached hydrogens (tertiary/aromatic N) is 1. The second-order valence-electron chi connectivity index (χ2n) is 10.0. The average molecular weight is 668 g/mol. The van der Waals surface area contributed by atoms with E-state index in [-0.39, 0.29) is 4.90 Å². The predicted molar refractivity (Wildman–Crippen MR) is 160 cm³/mol. The van der Waals surface area contributed by atoms with Crippen molar-refractivity contribution in [1.29, 1.82) is 0 Å². The standard InChI is InChI=1S/C31H29ClF3NO6S2/c32-26-11-4-10-25(19-26)30(37)22-36(21-24-7-2-1-3-8-24)18-6-9-23-14-16-28(17-15-23)43(38,39)29-13-5-12-27(20-29)42-44(40,41)31(33,34)35/h1-5,7-8,10-17,19-20,30,37H,6,9,18,21-22H2/t30-/m1/s1. The van der Waals surface area contributed by atoms with E-state index in [1.165, 1.54) is 12.1 Å². The molecule has 0 saturated carbocycles. The van der Waals surface area contributed by atoms with Gasteiger partial charge in [0, 0.05) is 24.2 Å². The van der Waals surface area contributed by atoms with E-state index < -0.39 is 42.2 Å². The lowest BCUT2D eigenvalue weighted by Gasteiger charge is -2.25. The van der Waals surface area contributed by atoms with Gasteiger partial charge >= 0.3 is 15.6 Å². The maximum absolute atomic E-state index is 13.1. The lowest BCUT2D eigenvalue weighted by molar-refractivity contribution is -0.0500. The molecule has 0 unspecified atom stereocenters. The summed E-state index contributed by atoms with van der Waals surface area (Å²) in [5.41, 5.74) is -3.00. The van der Waals surface area contributed by atoms with Crippen LogP contribution in [0.2, 0.25) is 5.02 Å². The lowest BCUT2D eigenvalue weighted by atomic mass is 10.1. The Balaban J connectivity index is 1.41. The van der Waals surface area contributed by atoms with E-state index in [1.807, 2.05) is 36.4 Å². The summed E-state index contributed by atoms with van der Waals surface area (Å²) in [6, 6.07) is 26.9. The molecule has 0 aliphatic rings. The maximum Gasteiger partial charge on any atom is 0.534 e. The van der Waals surface area contributed by atoms with E-state index in [9.17, 15) is 35.1 Å². The largest absolute Gasteiger partial charge is 0.534 e. The first-order valence-corrected chi connectivity index (χ1v) is 16.7. The molecule has 4 rings (SSSR count). The third-order valence-corrected chi connectivity index (χ3v) is 9.67.